The molecule has 0 spiro atoms. The van der Waals surface area contributed by atoms with Gasteiger partial charge in [0.05, 0.1) is 53.1 Å². The summed E-state index contributed by atoms with van der Waals surface area (Å²) in [4.78, 5) is 75.1. The number of ether oxygens (including phenoxy) is 1. The number of carboxylic acid groups (broad SMARTS) is 1. The molecular weight excluding hydrogens is 580 g/mol. The topological polar surface area (TPSA) is 173 Å². The van der Waals surface area contributed by atoms with Crippen LogP contribution in [0.1, 0.15) is 31.8 Å². The van der Waals surface area contributed by atoms with Crippen molar-refractivity contribution in [2.75, 3.05) is 7.11 Å². The van der Waals surface area contributed by atoms with Crippen molar-refractivity contribution in [1.82, 2.24) is 19.1 Å². The minimum atomic E-state index is -1.03. The van der Waals surface area contributed by atoms with Crippen LogP contribution in [-0.2, 0) is 17.8 Å². The van der Waals surface area contributed by atoms with Crippen molar-refractivity contribution in [3.63, 3.8) is 0 Å². The van der Waals surface area contributed by atoms with Crippen LogP contribution in [0.2, 0.25) is 0 Å². The third-order valence-corrected chi connectivity index (χ3v) is 7.01. The fraction of sp³-hybridized carbons (Fsp3) is 0.0909. The van der Waals surface area contributed by atoms with Crippen molar-refractivity contribution in [3.05, 3.63) is 161 Å². The van der Waals surface area contributed by atoms with Crippen LogP contribution in [-0.4, -0.2) is 43.3 Å². The maximum Gasteiger partial charge on any atom is 0.337 e. The highest BCUT2D eigenvalue weighted by molar-refractivity contribution is 5.89. The number of carboxylic acids is 1. The Balaban J connectivity index is 0.000000178. The van der Waals surface area contributed by atoms with Crippen molar-refractivity contribution < 1.29 is 19.4 Å². The summed E-state index contributed by atoms with van der Waals surface area (Å²) < 4.78 is 7.58. The Kier molecular flexibility index (Phi) is 8.66. The molecule has 12 heteroatoms. The molecule has 0 radical (unpaired) electrons. The quantitative estimate of drug-likeness (QED) is 0.243. The molecule has 0 saturated carbocycles. The molecule has 0 saturated heterocycles. The first-order valence-electron chi connectivity index (χ1n) is 13.6. The lowest BCUT2D eigenvalue weighted by Crippen LogP contribution is -2.30. The number of nitrogens with one attached hydrogen (secondary N) is 2. The van der Waals surface area contributed by atoms with Crippen LogP contribution >= 0.6 is 0 Å². The van der Waals surface area contributed by atoms with E-state index >= 15 is 0 Å². The Labute approximate surface area is 253 Å². The zero-order chi connectivity index (χ0) is 32.1. The van der Waals surface area contributed by atoms with E-state index in [2.05, 4.69) is 9.97 Å². The number of H-pyrrole nitrogens is 2. The summed E-state index contributed by atoms with van der Waals surface area (Å²) >= 11 is 0. The minimum absolute atomic E-state index is 0.152. The van der Waals surface area contributed by atoms with Gasteiger partial charge in [-0.25, -0.2) is 19.2 Å². The summed E-state index contributed by atoms with van der Waals surface area (Å²) in [7, 11) is 1.31. The van der Waals surface area contributed by atoms with E-state index in [1.54, 1.807) is 84.9 Å². The van der Waals surface area contributed by atoms with Crippen LogP contribution in [0.25, 0.3) is 21.8 Å². The monoisotopic (exact) mass is 606 g/mol. The van der Waals surface area contributed by atoms with Gasteiger partial charge in [0.15, 0.2) is 0 Å². The van der Waals surface area contributed by atoms with Crippen LogP contribution in [0.3, 0.4) is 0 Å². The van der Waals surface area contributed by atoms with E-state index in [1.807, 2.05) is 0 Å². The summed E-state index contributed by atoms with van der Waals surface area (Å²) in [5.74, 6) is -1.47. The number of carbonyl (C=O) groups excluding carboxylic acids is 1. The van der Waals surface area contributed by atoms with E-state index in [-0.39, 0.29) is 18.7 Å². The van der Waals surface area contributed by atoms with Gasteiger partial charge in [-0.2, -0.15) is 0 Å². The number of nitrogens with zero attached hydrogens (tertiary/aromatic N) is 2. The first-order valence-corrected chi connectivity index (χ1v) is 13.6. The highest BCUT2D eigenvalue weighted by atomic mass is 16.5. The molecule has 0 atom stereocenters. The number of rotatable bonds is 6. The van der Waals surface area contributed by atoms with Gasteiger partial charge in [0.1, 0.15) is 0 Å². The first kappa shape index (κ1) is 30.2. The highest BCUT2D eigenvalue weighted by Gasteiger charge is 2.11. The average Bonchev–Trinajstić information content (AvgIpc) is 3.05. The molecule has 0 bridgehead atoms. The Morgan fingerprint density at radius 3 is 1.56 bits per heavy atom. The van der Waals surface area contributed by atoms with Gasteiger partial charge >= 0.3 is 23.3 Å². The fourth-order valence-electron chi connectivity index (χ4n) is 4.88. The Morgan fingerprint density at radius 1 is 0.644 bits per heavy atom. The lowest BCUT2D eigenvalue weighted by molar-refractivity contribution is 0.0599. The summed E-state index contributed by atoms with van der Waals surface area (Å²) in [6.45, 7) is 0.415. The van der Waals surface area contributed by atoms with E-state index in [1.165, 1.54) is 28.4 Å². The van der Waals surface area contributed by atoms with Gasteiger partial charge in [0, 0.05) is 0 Å². The molecule has 0 unspecified atom stereocenters. The Hall–Kier alpha value is -6.30. The highest BCUT2D eigenvalue weighted by Crippen LogP contribution is 2.13. The number of benzene rings is 4. The van der Waals surface area contributed by atoms with Gasteiger partial charge in [-0.1, -0.05) is 48.5 Å². The smallest absolute Gasteiger partial charge is 0.337 e. The maximum atomic E-state index is 12.1. The van der Waals surface area contributed by atoms with Crippen molar-refractivity contribution in [3.8, 4) is 0 Å². The summed E-state index contributed by atoms with van der Waals surface area (Å²) in [6.07, 6.45) is 0. The fourth-order valence-corrected chi connectivity index (χ4v) is 4.88. The van der Waals surface area contributed by atoms with Crippen LogP contribution in [0.5, 0.6) is 0 Å². The molecule has 0 fully saturated rings. The summed E-state index contributed by atoms with van der Waals surface area (Å²) in [6, 6.07) is 26.9. The number of para-hydroxylation sites is 2. The van der Waals surface area contributed by atoms with Crippen LogP contribution in [0, 0.1) is 0 Å². The number of methoxy groups -OCH3 is 1. The molecule has 0 amide bonds. The third-order valence-electron chi connectivity index (χ3n) is 7.01. The van der Waals surface area contributed by atoms with E-state index < -0.39 is 34.4 Å². The largest absolute Gasteiger partial charge is 0.478 e. The molecule has 45 heavy (non-hydrogen) atoms. The number of hydrogen-bond donors (Lipinski definition) is 3. The standard InChI is InChI=1S/C17H14N2O4.C16H12N2O4/c1-23-16(21)12-6-4-5-11(9-12)10-19-14-8-3-2-7-13(14)15(20)18-17(19)22;19-14-12-6-1-2-7-13(12)18(16(22)17-14)9-10-4-3-5-11(8-10)15(20)21/h2-9H,10H2,1H3,(H,18,20,22);1-8H,9H2,(H,20,21)(H,17,19,22). The number of esters is 1. The van der Waals surface area contributed by atoms with Gasteiger partial charge in [-0.15, -0.1) is 0 Å². The maximum absolute atomic E-state index is 12.1. The number of hydrogen-bond acceptors (Lipinski definition) is 7. The normalized spacial score (nSPS) is 10.7. The van der Waals surface area contributed by atoms with Gasteiger partial charge in [-0.05, 0) is 59.7 Å². The average molecular weight is 607 g/mol. The Morgan fingerprint density at radius 2 is 1.09 bits per heavy atom. The molecule has 0 aliphatic heterocycles. The number of fused-ring (bicyclic) bond motifs is 2. The second-order valence-corrected chi connectivity index (χ2v) is 9.92. The van der Waals surface area contributed by atoms with Crippen molar-refractivity contribution >= 4 is 33.7 Å². The zero-order valence-electron chi connectivity index (χ0n) is 23.9. The summed E-state index contributed by atoms with van der Waals surface area (Å²) in [5, 5.41) is 9.88. The van der Waals surface area contributed by atoms with E-state index in [9.17, 15) is 28.8 Å². The van der Waals surface area contributed by atoms with Crippen LogP contribution < -0.4 is 22.5 Å². The first-order chi connectivity index (χ1) is 21.7. The van der Waals surface area contributed by atoms with E-state index in [0.717, 1.165) is 5.56 Å². The van der Waals surface area contributed by atoms with Gasteiger partial charge in [0.25, 0.3) is 11.1 Å². The van der Waals surface area contributed by atoms with Crippen molar-refractivity contribution in [1.29, 1.82) is 0 Å². The molecule has 2 heterocycles. The van der Waals surface area contributed by atoms with Gasteiger partial charge in [0.2, 0.25) is 0 Å². The molecular formula is C33H26N4O8. The molecule has 0 aliphatic carbocycles. The molecule has 6 rings (SSSR count). The van der Waals surface area contributed by atoms with Crippen molar-refractivity contribution in [2.24, 2.45) is 0 Å². The van der Waals surface area contributed by atoms with E-state index in [4.69, 9.17) is 9.84 Å². The number of aromatic nitrogens is 4. The van der Waals surface area contributed by atoms with Gasteiger partial charge in [-0.3, -0.25) is 28.7 Å². The van der Waals surface area contributed by atoms with Crippen LogP contribution in [0.4, 0.5) is 0 Å². The predicted molar refractivity (Wildman–Crippen MR) is 167 cm³/mol. The second kappa shape index (κ2) is 12.9. The second-order valence-electron chi connectivity index (χ2n) is 9.92. The van der Waals surface area contributed by atoms with Crippen molar-refractivity contribution in [2.45, 2.75) is 13.1 Å². The van der Waals surface area contributed by atoms with Crippen LogP contribution in [0.15, 0.2) is 116 Å². The zero-order valence-corrected chi connectivity index (χ0v) is 23.9. The number of carbonyl (C=O) groups is 2. The predicted octanol–water partition coefficient (Wildman–Crippen LogP) is 2.96. The number of aromatic amines is 2. The number of aromatic carboxylic acids is 1. The minimum Gasteiger partial charge on any atom is -0.478 e. The summed E-state index contributed by atoms with van der Waals surface area (Å²) in [5.41, 5.74) is 1.18. The molecule has 0 aliphatic rings. The van der Waals surface area contributed by atoms with Gasteiger partial charge < -0.3 is 9.84 Å². The molecule has 2 aromatic heterocycles. The molecule has 6 aromatic rings. The van der Waals surface area contributed by atoms with E-state index in [0.29, 0.717) is 32.9 Å². The molecule has 12 nitrogen and oxygen atoms in total. The molecule has 226 valence electrons. The molecule has 3 N–H and O–H groups in total. The SMILES string of the molecule is COC(=O)c1cccc(Cn2c(=O)[nH]c(=O)c3ccccc32)c1.O=C(O)c1cccc(Cn2c(=O)[nH]c(=O)c3ccccc32)c1. The Bertz CT molecular complexity index is 2310. The third kappa shape index (κ3) is 6.54. The molecule has 4 aromatic carbocycles. The lowest BCUT2D eigenvalue weighted by Gasteiger charge is -2.10. The lowest BCUT2D eigenvalue weighted by atomic mass is 10.1.